The van der Waals surface area contributed by atoms with Crippen molar-refractivity contribution >= 4 is 22.8 Å². The van der Waals surface area contributed by atoms with Crippen LogP contribution in [0.4, 0.5) is 5.82 Å². The molecule has 0 bridgehead atoms. The smallest absolute Gasteiger partial charge is 0.335 e. The van der Waals surface area contributed by atoms with Gasteiger partial charge in [-0.05, 0) is 54.4 Å². The predicted octanol–water partition coefficient (Wildman–Crippen LogP) is 4.93. The van der Waals surface area contributed by atoms with Crippen LogP contribution in [0.3, 0.4) is 0 Å². The molecule has 1 aliphatic rings. The summed E-state index contributed by atoms with van der Waals surface area (Å²) in [6.45, 7) is 3.81. The van der Waals surface area contributed by atoms with Crippen molar-refractivity contribution in [3.63, 3.8) is 0 Å². The number of fused-ring (bicyclic) bond motifs is 1. The average Bonchev–Trinajstić information content (AvgIpc) is 3.28. The van der Waals surface area contributed by atoms with Crippen molar-refractivity contribution in [2.45, 2.75) is 32.3 Å². The number of ether oxygens (including phenoxy) is 1. The van der Waals surface area contributed by atoms with Crippen molar-refractivity contribution in [1.82, 2.24) is 15.0 Å². The van der Waals surface area contributed by atoms with E-state index in [2.05, 4.69) is 46.1 Å². The highest BCUT2D eigenvalue weighted by Crippen LogP contribution is 2.25. The number of nitrogens with zero attached hydrogens (tertiary/aromatic N) is 3. The molecule has 7 heteroatoms. The maximum atomic E-state index is 11.2. The summed E-state index contributed by atoms with van der Waals surface area (Å²) in [7, 11) is 0. The molecule has 2 aromatic heterocycles. The second kappa shape index (κ2) is 8.94. The quantitative estimate of drug-likeness (QED) is 0.440. The topological polar surface area (TPSA) is 91.3 Å². The number of carboxylic acids is 1. The minimum atomic E-state index is -0.946. The lowest BCUT2D eigenvalue weighted by molar-refractivity contribution is 0.0695. The molecule has 33 heavy (non-hydrogen) atoms. The van der Waals surface area contributed by atoms with Crippen LogP contribution in [0.15, 0.2) is 60.8 Å². The third-order valence-electron chi connectivity index (χ3n) is 6.13. The normalized spacial score (nSPS) is 14.5. The number of hydrogen-bond donors (Lipinski definition) is 2. The van der Waals surface area contributed by atoms with E-state index >= 15 is 0 Å². The number of benzene rings is 2. The molecule has 168 valence electrons. The Morgan fingerprint density at radius 1 is 1.15 bits per heavy atom. The van der Waals surface area contributed by atoms with E-state index in [1.165, 1.54) is 5.56 Å². The highest BCUT2D eigenvalue weighted by Gasteiger charge is 2.22. The fourth-order valence-corrected chi connectivity index (χ4v) is 4.22. The fraction of sp³-hybridized carbons (Fsp3) is 0.269. The number of pyridine rings is 1. The molecule has 0 spiro atoms. The SMILES string of the molecule is CCc1ccc2nc(-c3ccc(N4CCC(Oc5cccc(C(=O)O)c5)CC4)nc3)[nH]c2c1. The van der Waals surface area contributed by atoms with Gasteiger partial charge in [0.2, 0.25) is 0 Å². The monoisotopic (exact) mass is 442 g/mol. The molecule has 5 rings (SSSR count). The maximum absolute atomic E-state index is 11.2. The number of anilines is 1. The van der Waals surface area contributed by atoms with Gasteiger partial charge < -0.3 is 19.7 Å². The van der Waals surface area contributed by atoms with Crippen LogP contribution in [0.5, 0.6) is 5.75 Å². The van der Waals surface area contributed by atoms with Gasteiger partial charge in [-0.2, -0.15) is 0 Å². The van der Waals surface area contributed by atoms with Gasteiger partial charge in [-0.15, -0.1) is 0 Å². The van der Waals surface area contributed by atoms with E-state index in [9.17, 15) is 4.79 Å². The van der Waals surface area contributed by atoms with Crippen molar-refractivity contribution in [1.29, 1.82) is 0 Å². The molecular formula is C26H26N4O3. The third kappa shape index (κ3) is 4.53. The first-order chi connectivity index (χ1) is 16.1. The molecule has 0 unspecified atom stereocenters. The highest BCUT2D eigenvalue weighted by molar-refractivity contribution is 5.88. The summed E-state index contributed by atoms with van der Waals surface area (Å²) < 4.78 is 6.03. The van der Waals surface area contributed by atoms with E-state index in [1.54, 1.807) is 24.3 Å². The second-order valence-corrected chi connectivity index (χ2v) is 8.33. The molecule has 0 saturated carbocycles. The van der Waals surface area contributed by atoms with Crippen molar-refractivity contribution < 1.29 is 14.6 Å². The molecule has 1 fully saturated rings. The van der Waals surface area contributed by atoms with Gasteiger partial charge >= 0.3 is 5.97 Å². The summed E-state index contributed by atoms with van der Waals surface area (Å²) in [6.07, 6.45) is 4.63. The van der Waals surface area contributed by atoms with Crippen molar-refractivity contribution in [2.24, 2.45) is 0 Å². The third-order valence-corrected chi connectivity index (χ3v) is 6.13. The summed E-state index contributed by atoms with van der Waals surface area (Å²) in [5, 5.41) is 9.15. The van der Waals surface area contributed by atoms with Crippen LogP contribution in [0.2, 0.25) is 0 Å². The number of imidazole rings is 1. The van der Waals surface area contributed by atoms with Crippen molar-refractivity contribution in [3.05, 3.63) is 71.9 Å². The number of carboxylic acid groups (broad SMARTS) is 1. The molecule has 1 aliphatic heterocycles. The van der Waals surface area contributed by atoms with Crippen LogP contribution in [0.25, 0.3) is 22.4 Å². The molecule has 2 aromatic carbocycles. The van der Waals surface area contributed by atoms with Gasteiger partial charge in [-0.3, -0.25) is 0 Å². The number of rotatable bonds is 6. The second-order valence-electron chi connectivity index (χ2n) is 8.33. The molecule has 7 nitrogen and oxygen atoms in total. The largest absolute Gasteiger partial charge is 0.490 e. The van der Waals surface area contributed by atoms with E-state index < -0.39 is 5.97 Å². The van der Waals surface area contributed by atoms with Gasteiger partial charge in [0.25, 0.3) is 0 Å². The summed E-state index contributed by atoms with van der Waals surface area (Å²) in [6, 6.07) is 17.1. The number of aryl methyl sites for hydroxylation is 1. The summed E-state index contributed by atoms with van der Waals surface area (Å²) in [4.78, 5) is 26.2. The summed E-state index contributed by atoms with van der Waals surface area (Å²) in [5.41, 5.74) is 4.49. The van der Waals surface area contributed by atoms with E-state index in [0.29, 0.717) is 5.75 Å². The first-order valence-electron chi connectivity index (χ1n) is 11.3. The molecule has 0 aliphatic carbocycles. The highest BCUT2D eigenvalue weighted by atomic mass is 16.5. The predicted molar refractivity (Wildman–Crippen MR) is 128 cm³/mol. The molecule has 0 amide bonds. The summed E-state index contributed by atoms with van der Waals surface area (Å²) >= 11 is 0. The van der Waals surface area contributed by atoms with Crippen LogP contribution in [-0.2, 0) is 6.42 Å². The van der Waals surface area contributed by atoms with Crippen LogP contribution in [-0.4, -0.2) is 45.2 Å². The summed E-state index contributed by atoms with van der Waals surface area (Å²) in [5.74, 6) is 1.42. The van der Waals surface area contributed by atoms with E-state index in [-0.39, 0.29) is 11.7 Å². The fourth-order valence-electron chi connectivity index (χ4n) is 4.22. The minimum Gasteiger partial charge on any atom is -0.490 e. The first kappa shape index (κ1) is 21.0. The lowest BCUT2D eigenvalue weighted by Gasteiger charge is -2.33. The van der Waals surface area contributed by atoms with Crippen LogP contribution in [0, 0.1) is 0 Å². The van der Waals surface area contributed by atoms with Crippen molar-refractivity contribution in [2.75, 3.05) is 18.0 Å². The Bertz CT molecular complexity index is 1270. The van der Waals surface area contributed by atoms with Gasteiger partial charge in [0.15, 0.2) is 0 Å². The Hall–Kier alpha value is -3.87. The molecule has 1 saturated heterocycles. The number of carbonyl (C=O) groups is 1. The zero-order chi connectivity index (χ0) is 22.8. The maximum Gasteiger partial charge on any atom is 0.335 e. The molecule has 2 N–H and O–H groups in total. The van der Waals surface area contributed by atoms with E-state index in [1.807, 2.05) is 12.3 Å². The van der Waals surface area contributed by atoms with Gasteiger partial charge in [-0.1, -0.05) is 19.1 Å². The Labute approximate surface area is 192 Å². The minimum absolute atomic E-state index is 0.0631. The van der Waals surface area contributed by atoms with Gasteiger partial charge in [-0.25, -0.2) is 14.8 Å². The number of aromatic carboxylic acids is 1. The van der Waals surface area contributed by atoms with Crippen LogP contribution < -0.4 is 9.64 Å². The molecule has 4 aromatic rings. The molecule has 0 atom stereocenters. The number of hydrogen-bond acceptors (Lipinski definition) is 5. The van der Waals surface area contributed by atoms with Crippen LogP contribution in [0.1, 0.15) is 35.7 Å². The first-order valence-corrected chi connectivity index (χ1v) is 11.3. The lowest BCUT2D eigenvalue weighted by atomic mass is 10.1. The van der Waals surface area contributed by atoms with Gasteiger partial charge in [0.05, 0.1) is 16.6 Å². The average molecular weight is 443 g/mol. The van der Waals surface area contributed by atoms with Crippen LogP contribution >= 0.6 is 0 Å². The Morgan fingerprint density at radius 2 is 2.00 bits per heavy atom. The Kier molecular flexibility index (Phi) is 5.69. The Morgan fingerprint density at radius 3 is 2.73 bits per heavy atom. The lowest BCUT2D eigenvalue weighted by Crippen LogP contribution is -2.38. The van der Waals surface area contributed by atoms with Crippen molar-refractivity contribution in [3.8, 4) is 17.1 Å². The number of aromatic nitrogens is 3. The number of H-pyrrole nitrogens is 1. The standard InChI is InChI=1S/C26H26N4O3/c1-2-17-6-8-22-23(14-17)29-25(28-22)19-7-9-24(27-16-19)30-12-10-20(11-13-30)33-21-5-3-4-18(15-21)26(31)32/h3-9,14-16,20H,2,10-13H2,1H3,(H,28,29)(H,31,32). The zero-order valence-electron chi connectivity index (χ0n) is 18.5. The number of nitrogens with one attached hydrogen (secondary N) is 1. The Balaban J connectivity index is 1.22. The number of piperidine rings is 1. The molecular weight excluding hydrogens is 416 g/mol. The molecule has 3 heterocycles. The van der Waals surface area contributed by atoms with Gasteiger partial charge in [0, 0.05) is 37.7 Å². The van der Waals surface area contributed by atoms with E-state index in [4.69, 9.17) is 14.8 Å². The number of aromatic amines is 1. The zero-order valence-corrected chi connectivity index (χ0v) is 18.5. The molecule has 0 radical (unpaired) electrons. The van der Waals surface area contributed by atoms with Gasteiger partial charge in [0.1, 0.15) is 23.5 Å². The van der Waals surface area contributed by atoms with E-state index in [0.717, 1.165) is 60.6 Å².